The summed E-state index contributed by atoms with van der Waals surface area (Å²) in [6, 6.07) is 8.54. The first-order chi connectivity index (χ1) is 14.9. The lowest BCUT2D eigenvalue weighted by atomic mass is 9.84. The first-order valence-corrected chi connectivity index (χ1v) is 11.0. The summed E-state index contributed by atoms with van der Waals surface area (Å²) in [7, 11) is 0. The lowest BCUT2D eigenvalue weighted by molar-refractivity contribution is 0.122. The van der Waals surface area contributed by atoms with Crippen LogP contribution in [-0.4, -0.2) is 50.3 Å². The number of aliphatic imine (C=N–C) groups is 1. The molecule has 2 heterocycles. The topological polar surface area (TPSA) is 61.8 Å². The molecule has 0 saturated carbocycles. The highest BCUT2D eigenvalue weighted by atomic mass is 127. The Kier molecular flexibility index (Phi) is 10.4. The SMILES string of the molecule is CCNC(=NCc1cccnc1N1CCOCC1)NCC(C)(C)c1ccc(F)cc1Cl.I. The number of guanidine groups is 1. The monoisotopic (exact) mass is 575 g/mol. The van der Waals surface area contributed by atoms with E-state index in [9.17, 15) is 4.39 Å². The van der Waals surface area contributed by atoms with Gasteiger partial charge in [0.1, 0.15) is 11.6 Å². The van der Waals surface area contributed by atoms with E-state index in [1.807, 2.05) is 19.2 Å². The molecule has 1 saturated heterocycles. The molecule has 1 fully saturated rings. The van der Waals surface area contributed by atoms with Gasteiger partial charge in [-0.1, -0.05) is 37.6 Å². The van der Waals surface area contributed by atoms with E-state index in [2.05, 4.69) is 40.4 Å². The molecule has 2 N–H and O–H groups in total. The van der Waals surface area contributed by atoms with Gasteiger partial charge in [0.2, 0.25) is 0 Å². The molecule has 0 unspecified atom stereocenters. The van der Waals surface area contributed by atoms with Crippen LogP contribution in [0.25, 0.3) is 0 Å². The summed E-state index contributed by atoms with van der Waals surface area (Å²) >= 11 is 6.29. The van der Waals surface area contributed by atoms with Gasteiger partial charge in [0.15, 0.2) is 5.96 Å². The largest absolute Gasteiger partial charge is 0.378 e. The Balaban J connectivity index is 0.00000363. The minimum atomic E-state index is -0.333. The number of hydrogen-bond donors (Lipinski definition) is 2. The van der Waals surface area contributed by atoms with Gasteiger partial charge in [0.05, 0.1) is 19.8 Å². The quantitative estimate of drug-likeness (QED) is 0.292. The van der Waals surface area contributed by atoms with Crippen molar-refractivity contribution in [3.05, 3.63) is 58.5 Å². The third kappa shape index (κ3) is 7.18. The van der Waals surface area contributed by atoms with Crippen LogP contribution in [0.5, 0.6) is 0 Å². The number of nitrogens with one attached hydrogen (secondary N) is 2. The fourth-order valence-corrected chi connectivity index (χ4v) is 3.98. The van der Waals surface area contributed by atoms with Crippen molar-refractivity contribution in [2.24, 2.45) is 4.99 Å². The zero-order valence-corrected chi connectivity index (χ0v) is 21.9. The fourth-order valence-electron chi connectivity index (χ4n) is 3.56. The van der Waals surface area contributed by atoms with E-state index < -0.39 is 0 Å². The van der Waals surface area contributed by atoms with E-state index in [1.165, 1.54) is 12.1 Å². The van der Waals surface area contributed by atoms with Crippen LogP contribution in [0.2, 0.25) is 5.02 Å². The maximum absolute atomic E-state index is 13.4. The molecule has 6 nitrogen and oxygen atoms in total. The third-order valence-electron chi connectivity index (χ3n) is 5.29. The van der Waals surface area contributed by atoms with Gasteiger partial charge in [-0.05, 0) is 30.7 Å². The van der Waals surface area contributed by atoms with Crippen LogP contribution in [0, 0.1) is 5.82 Å². The number of anilines is 1. The van der Waals surface area contributed by atoms with Crippen molar-refractivity contribution in [1.29, 1.82) is 0 Å². The van der Waals surface area contributed by atoms with E-state index in [-0.39, 0.29) is 35.2 Å². The molecule has 32 heavy (non-hydrogen) atoms. The van der Waals surface area contributed by atoms with Gasteiger partial charge < -0.3 is 20.3 Å². The molecule has 0 bridgehead atoms. The molecule has 1 aliphatic rings. The van der Waals surface area contributed by atoms with Crippen LogP contribution in [0.1, 0.15) is 31.9 Å². The van der Waals surface area contributed by atoms with Gasteiger partial charge in [-0.15, -0.1) is 24.0 Å². The summed E-state index contributed by atoms with van der Waals surface area (Å²) in [5.74, 6) is 1.34. The van der Waals surface area contributed by atoms with Crippen LogP contribution in [0.15, 0.2) is 41.5 Å². The van der Waals surface area contributed by atoms with E-state index >= 15 is 0 Å². The van der Waals surface area contributed by atoms with Gasteiger partial charge in [-0.2, -0.15) is 0 Å². The predicted octanol–water partition coefficient (Wildman–Crippen LogP) is 4.36. The lowest BCUT2D eigenvalue weighted by Gasteiger charge is -2.29. The van der Waals surface area contributed by atoms with E-state index in [1.54, 1.807) is 6.07 Å². The number of morpholine rings is 1. The standard InChI is InChI=1S/C23H31ClFN5O.HI/c1-4-26-22(29-16-23(2,3)19-8-7-18(25)14-20(19)24)28-15-17-6-5-9-27-21(17)30-10-12-31-13-11-30;/h5-9,14H,4,10-13,15-16H2,1-3H3,(H2,26,28,29);1H. The Morgan fingerprint density at radius 2 is 2.00 bits per heavy atom. The second kappa shape index (κ2) is 12.6. The normalized spacial score (nSPS) is 14.7. The van der Waals surface area contributed by atoms with Crippen molar-refractivity contribution >= 4 is 47.4 Å². The minimum absolute atomic E-state index is 0. The van der Waals surface area contributed by atoms with Crippen LogP contribution in [0.3, 0.4) is 0 Å². The zero-order valence-electron chi connectivity index (χ0n) is 18.8. The molecule has 1 aromatic carbocycles. The summed E-state index contributed by atoms with van der Waals surface area (Å²) in [5, 5.41) is 7.12. The van der Waals surface area contributed by atoms with Crippen molar-refractivity contribution in [3.8, 4) is 0 Å². The molecule has 0 amide bonds. The number of benzene rings is 1. The van der Waals surface area contributed by atoms with Gasteiger partial charge in [-0.25, -0.2) is 14.4 Å². The summed E-state index contributed by atoms with van der Waals surface area (Å²) in [4.78, 5) is 11.6. The highest BCUT2D eigenvalue weighted by molar-refractivity contribution is 14.0. The van der Waals surface area contributed by atoms with Crippen molar-refractivity contribution in [1.82, 2.24) is 15.6 Å². The van der Waals surface area contributed by atoms with Crippen molar-refractivity contribution in [3.63, 3.8) is 0 Å². The van der Waals surface area contributed by atoms with E-state index in [4.69, 9.17) is 21.3 Å². The lowest BCUT2D eigenvalue weighted by Crippen LogP contribution is -2.43. The number of ether oxygens (including phenoxy) is 1. The number of nitrogens with zero attached hydrogens (tertiary/aromatic N) is 3. The molecule has 1 aliphatic heterocycles. The van der Waals surface area contributed by atoms with Crippen LogP contribution >= 0.6 is 35.6 Å². The maximum atomic E-state index is 13.4. The second-order valence-corrected chi connectivity index (χ2v) is 8.55. The van der Waals surface area contributed by atoms with Gasteiger partial charge in [0.25, 0.3) is 0 Å². The van der Waals surface area contributed by atoms with E-state index in [0.29, 0.717) is 37.3 Å². The van der Waals surface area contributed by atoms with Gasteiger partial charge in [-0.3, -0.25) is 0 Å². The molecule has 0 aliphatic carbocycles. The molecule has 0 atom stereocenters. The van der Waals surface area contributed by atoms with Crippen LogP contribution in [-0.2, 0) is 16.7 Å². The third-order valence-corrected chi connectivity index (χ3v) is 5.60. The Labute approximate surface area is 212 Å². The zero-order chi connectivity index (χ0) is 22.3. The minimum Gasteiger partial charge on any atom is -0.378 e. The molecule has 0 spiro atoms. The summed E-state index contributed by atoms with van der Waals surface area (Å²) < 4.78 is 18.9. The Morgan fingerprint density at radius 1 is 1.25 bits per heavy atom. The average Bonchev–Trinajstić information content (AvgIpc) is 2.76. The summed E-state index contributed by atoms with van der Waals surface area (Å²) in [5.41, 5.74) is 1.65. The highest BCUT2D eigenvalue weighted by Crippen LogP contribution is 2.30. The molecule has 176 valence electrons. The first kappa shape index (κ1) is 26.6. The molecular formula is C23H32ClFIN5O. The number of rotatable bonds is 7. The van der Waals surface area contributed by atoms with Crippen molar-refractivity contribution in [2.45, 2.75) is 32.7 Å². The molecule has 9 heteroatoms. The second-order valence-electron chi connectivity index (χ2n) is 8.14. The number of aromatic nitrogens is 1. The molecular weight excluding hydrogens is 544 g/mol. The molecule has 0 radical (unpaired) electrons. The number of halogens is 3. The summed E-state index contributed by atoms with van der Waals surface area (Å²) in [6.07, 6.45) is 1.82. The van der Waals surface area contributed by atoms with Crippen LogP contribution < -0.4 is 15.5 Å². The van der Waals surface area contributed by atoms with Gasteiger partial charge >= 0.3 is 0 Å². The fraction of sp³-hybridized carbons (Fsp3) is 0.478. The predicted molar refractivity (Wildman–Crippen MR) is 140 cm³/mol. The maximum Gasteiger partial charge on any atom is 0.191 e. The Morgan fingerprint density at radius 3 is 2.69 bits per heavy atom. The van der Waals surface area contributed by atoms with Crippen molar-refractivity contribution in [2.75, 3.05) is 44.3 Å². The van der Waals surface area contributed by atoms with Crippen LogP contribution in [0.4, 0.5) is 10.2 Å². The Bertz CT molecular complexity index is 906. The number of pyridine rings is 1. The average molecular weight is 576 g/mol. The van der Waals surface area contributed by atoms with E-state index in [0.717, 1.165) is 36.6 Å². The Hall–Kier alpha value is -1.65. The highest BCUT2D eigenvalue weighted by Gasteiger charge is 2.24. The smallest absolute Gasteiger partial charge is 0.191 e. The summed E-state index contributed by atoms with van der Waals surface area (Å²) in [6.45, 7) is 11.1. The van der Waals surface area contributed by atoms with Gasteiger partial charge in [0, 0.05) is 48.4 Å². The number of hydrogen-bond acceptors (Lipinski definition) is 4. The molecule has 3 rings (SSSR count). The first-order valence-electron chi connectivity index (χ1n) is 10.6. The molecule has 1 aromatic heterocycles. The molecule has 2 aromatic rings. The van der Waals surface area contributed by atoms with Crippen molar-refractivity contribution < 1.29 is 9.13 Å².